The number of carbonyl (C=O) groups is 1. The number of aromatic nitrogens is 2. The van der Waals surface area contributed by atoms with E-state index in [4.69, 9.17) is 31.0 Å². The highest BCUT2D eigenvalue weighted by atomic mass is 35.5. The summed E-state index contributed by atoms with van der Waals surface area (Å²) < 4.78 is 11.0. The van der Waals surface area contributed by atoms with Crippen LogP contribution in [0.25, 0.3) is 11.3 Å². The van der Waals surface area contributed by atoms with Crippen LogP contribution >= 0.6 is 11.6 Å². The highest BCUT2D eigenvalue weighted by Crippen LogP contribution is 2.27. The van der Waals surface area contributed by atoms with E-state index in [1.165, 1.54) is 0 Å². The van der Waals surface area contributed by atoms with E-state index in [0.29, 0.717) is 24.7 Å². The van der Waals surface area contributed by atoms with Crippen LogP contribution in [-0.4, -0.2) is 40.5 Å². The second-order valence-electron chi connectivity index (χ2n) is 9.70. The number of hydrogen-bond donors (Lipinski definition) is 0. The highest BCUT2D eigenvalue weighted by Gasteiger charge is 2.28. The Morgan fingerprint density at radius 1 is 1.14 bits per heavy atom. The van der Waals surface area contributed by atoms with Gasteiger partial charge in [-0.2, -0.15) is 0 Å². The van der Waals surface area contributed by atoms with Gasteiger partial charge in [-0.3, -0.25) is 14.7 Å². The molecule has 35 heavy (non-hydrogen) atoms. The van der Waals surface area contributed by atoms with Crippen molar-refractivity contribution in [1.29, 1.82) is 0 Å². The van der Waals surface area contributed by atoms with E-state index >= 15 is 0 Å². The zero-order chi connectivity index (χ0) is 24.8. The normalized spacial score (nSPS) is 13.8. The summed E-state index contributed by atoms with van der Waals surface area (Å²) in [4.78, 5) is 23.9. The molecule has 6 nitrogen and oxygen atoms in total. The summed E-state index contributed by atoms with van der Waals surface area (Å²) in [5.74, 6) is 0.654. The second kappa shape index (κ2) is 11.2. The Hall–Kier alpha value is -2.96. The maximum atomic E-state index is 11.9. The summed E-state index contributed by atoms with van der Waals surface area (Å²) >= 11 is 6.04. The Morgan fingerprint density at radius 2 is 1.94 bits per heavy atom. The van der Waals surface area contributed by atoms with Crippen LogP contribution in [0.2, 0.25) is 5.02 Å². The van der Waals surface area contributed by atoms with Gasteiger partial charge in [0.2, 0.25) is 0 Å². The minimum atomic E-state index is -0.159. The molecule has 1 aromatic heterocycles. The first-order valence-corrected chi connectivity index (χ1v) is 12.4. The van der Waals surface area contributed by atoms with Crippen molar-refractivity contribution in [2.45, 2.75) is 46.8 Å². The maximum absolute atomic E-state index is 11.9. The van der Waals surface area contributed by atoms with Crippen LogP contribution < -0.4 is 4.74 Å². The first-order valence-electron chi connectivity index (χ1n) is 12.0. The van der Waals surface area contributed by atoms with E-state index in [1.54, 1.807) is 0 Å². The van der Waals surface area contributed by atoms with Crippen molar-refractivity contribution in [2.75, 3.05) is 19.7 Å². The molecule has 0 saturated heterocycles. The Labute approximate surface area is 212 Å². The summed E-state index contributed by atoms with van der Waals surface area (Å²) in [5.41, 5.74) is 4.79. The van der Waals surface area contributed by atoms with Crippen molar-refractivity contribution in [3.63, 3.8) is 0 Å². The van der Waals surface area contributed by atoms with Crippen LogP contribution in [-0.2, 0) is 29.1 Å². The van der Waals surface area contributed by atoms with Gasteiger partial charge in [0.05, 0.1) is 36.3 Å². The van der Waals surface area contributed by atoms with Gasteiger partial charge in [-0.05, 0) is 54.3 Å². The molecule has 1 aliphatic heterocycles. The summed E-state index contributed by atoms with van der Waals surface area (Å²) in [5, 5.41) is 0.705. The minimum absolute atomic E-state index is 0.139. The molecule has 1 aliphatic rings. The third kappa shape index (κ3) is 7.03. The third-order valence-corrected chi connectivity index (χ3v) is 6.23. The lowest BCUT2D eigenvalue weighted by molar-refractivity contribution is -0.145. The molecule has 7 heteroatoms. The third-order valence-electron chi connectivity index (χ3n) is 5.99. The molecule has 0 unspecified atom stereocenters. The molecular formula is C28H32ClN3O3. The molecule has 2 heterocycles. The number of ether oxygens (including phenoxy) is 2. The van der Waals surface area contributed by atoms with E-state index in [0.717, 1.165) is 60.0 Å². The van der Waals surface area contributed by atoms with Gasteiger partial charge in [0.1, 0.15) is 12.4 Å². The standard InChI is InChI=1S/C28H32ClN3O3/c1-4-34-27(33)15-28(2,3)19-32-13-12-24-26(17-32)30-16-25(31-24)21-8-10-23(11-9-21)35-18-20-6-5-7-22(29)14-20/h5-11,14,16H,4,12-13,15,17-19H2,1-3H3. The van der Waals surface area contributed by atoms with Crippen LogP contribution in [0.4, 0.5) is 0 Å². The lowest BCUT2D eigenvalue weighted by Crippen LogP contribution is -2.39. The molecule has 184 valence electrons. The fourth-order valence-electron chi connectivity index (χ4n) is 4.39. The minimum Gasteiger partial charge on any atom is -0.489 e. The molecular weight excluding hydrogens is 462 g/mol. The van der Waals surface area contributed by atoms with Crippen LogP contribution in [0.3, 0.4) is 0 Å². The van der Waals surface area contributed by atoms with Crippen LogP contribution in [0, 0.1) is 5.41 Å². The molecule has 0 spiro atoms. The summed E-state index contributed by atoms with van der Waals surface area (Å²) in [6, 6.07) is 15.6. The fourth-order valence-corrected chi connectivity index (χ4v) is 4.61. The second-order valence-corrected chi connectivity index (χ2v) is 10.1. The molecule has 0 N–H and O–H groups in total. The average Bonchev–Trinajstić information content (AvgIpc) is 2.82. The van der Waals surface area contributed by atoms with Crippen LogP contribution in [0.1, 0.15) is 44.1 Å². The van der Waals surface area contributed by atoms with E-state index in [-0.39, 0.29) is 11.4 Å². The Balaban J connectivity index is 1.36. The van der Waals surface area contributed by atoms with Gasteiger partial charge in [-0.15, -0.1) is 0 Å². The first-order chi connectivity index (χ1) is 16.8. The van der Waals surface area contributed by atoms with E-state index in [1.807, 2.05) is 61.7 Å². The maximum Gasteiger partial charge on any atom is 0.306 e. The number of carbonyl (C=O) groups excluding carboxylic acids is 1. The SMILES string of the molecule is CCOC(=O)CC(C)(C)CN1CCc2nc(-c3ccc(OCc4cccc(Cl)c4)cc3)cnc2C1. The van der Waals surface area contributed by atoms with Crippen molar-refractivity contribution in [3.05, 3.63) is 76.7 Å². The quantitative estimate of drug-likeness (QED) is 0.355. The summed E-state index contributed by atoms with van der Waals surface area (Å²) in [6.07, 6.45) is 3.09. The molecule has 0 saturated carbocycles. The molecule has 0 atom stereocenters. The number of esters is 1. The van der Waals surface area contributed by atoms with Gasteiger partial charge in [0.15, 0.2) is 0 Å². The van der Waals surface area contributed by atoms with E-state index in [2.05, 4.69) is 18.7 Å². The van der Waals surface area contributed by atoms with Crippen LogP contribution in [0.15, 0.2) is 54.7 Å². The molecule has 0 bridgehead atoms. The van der Waals surface area contributed by atoms with Gasteiger partial charge in [0.25, 0.3) is 0 Å². The molecule has 0 aliphatic carbocycles. The zero-order valence-corrected chi connectivity index (χ0v) is 21.3. The summed E-state index contributed by atoms with van der Waals surface area (Å²) in [6.45, 7) is 9.38. The molecule has 2 aromatic carbocycles. The predicted molar refractivity (Wildman–Crippen MR) is 137 cm³/mol. The number of rotatable bonds is 9. The van der Waals surface area contributed by atoms with E-state index < -0.39 is 0 Å². The van der Waals surface area contributed by atoms with E-state index in [9.17, 15) is 4.79 Å². The molecule has 0 radical (unpaired) electrons. The first kappa shape index (κ1) is 25.1. The monoisotopic (exact) mass is 493 g/mol. The van der Waals surface area contributed by atoms with Gasteiger partial charge in [0, 0.05) is 36.6 Å². The fraction of sp³-hybridized carbons (Fsp3) is 0.393. The Kier molecular flexibility index (Phi) is 8.04. The van der Waals surface area contributed by atoms with Crippen molar-refractivity contribution < 1.29 is 14.3 Å². The zero-order valence-electron chi connectivity index (χ0n) is 20.6. The molecule has 0 amide bonds. The van der Waals surface area contributed by atoms with Crippen molar-refractivity contribution >= 4 is 17.6 Å². The van der Waals surface area contributed by atoms with Crippen molar-refractivity contribution in [1.82, 2.24) is 14.9 Å². The number of benzene rings is 2. The van der Waals surface area contributed by atoms with Crippen molar-refractivity contribution in [3.8, 4) is 17.0 Å². The molecule has 0 fully saturated rings. The highest BCUT2D eigenvalue weighted by molar-refractivity contribution is 6.30. The van der Waals surface area contributed by atoms with Gasteiger partial charge >= 0.3 is 5.97 Å². The number of halogens is 1. The average molecular weight is 494 g/mol. The predicted octanol–water partition coefficient (Wildman–Crippen LogP) is 5.71. The lowest BCUT2D eigenvalue weighted by Gasteiger charge is -2.34. The Bertz CT molecular complexity index is 1160. The smallest absolute Gasteiger partial charge is 0.306 e. The Morgan fingerprint density at radius 3 is 2.69 bits per heavy atom. The van der Waals surface area contributed by atoms with Gasteiger partial charge < -0.3 is 9.47 Å². The van der Waals surface area contributed by atoms with Gasteiger partial charge in [-0.1, -0.05) is 37.6 Å². The number of hydrogen-bond acceptors (Lipinski definition) is 6. The summed E-state index contributed by atoms with van der Waals surface area (Å²) in [7, 11) is 0. The van der Waals surface area contributed by atoms with Gasteiger partial charge in [-0.25, -0.2) is 4.98 Å². The number of nitrogens with zero attached hydrogens (tertiary/aromatic N) is 3. The topological polar surface area (TPSA) is 64.5 Å². The largest absolute Gasteiger partial charge is 0.489 e. The van der Waals surface area contributed by atoms with Crippen LogP contribution in [0.5, 0.6) is 5.75 Å². The molecule has 3 aromatic rings. The van der Waals surface area contributed by atoms with Crippen molar-refractivity contribution in [2.24, 2.45) is 5.41 Å². The molecule has 4 rings (SSSR count). The number of fused-ring (bicyclic) bond motifs is 1. The lowest BCUT2D eigenvalue weighted by atomic mass is 9.88.